The van der Waals surface area contributed by atoms with Crippen molar-refractivity contribution in [2.45, 2.75) is 57.8 Å². The molecule has 36 heavy (non-hydrogen) atoms. The first-order chi connectivity index (χ1) is 17.1. The fourth-order valence-electron chi connectivity index (χ4n) is 4.09. The molecule has 0 heterocycles. The number of aliphatic hydroxyl groups excluding tert-OH is 1. The summed E-state index contributed by atoms with van der Waals surface area (Å²) in [5.41, 5.74) is 3.24. The van der Waals surface area contributed by atoms with Gasteiger partial charge in [0.2, 0.25) is 0 Å². The van der Waals surface area contributed by atoms with E-state index in [0.717, 1.165) is 22.3 Å². The normalized spacial score (nSPS) is 13.9. The number of aliphatic carboxylic acids is 1. The summed E-state index contributed by atoms with van der Waals surface area (Å²) in [6.45, 7) is 5.29. The number of alkyl carbamates (subject to hydrolysis) is 1. The monoisotopic (exact) mass is 489 g/mol. The van der Waals surface area contributed by atoms with Crippen LogP contribution in [0.25, 0.3) is 11.1 Å². The highest BCUT2D eigenvalue weighted by Crippen LogP contribution is 2.23. The van der Waals surface area contributed by atoms with Crippen molar-refractivity contribution in [3.05, 3.63) is 96.1 Å². The third kappa shape index (κ3) is 8.54. The molecule has 0 aliphatic carbocycles. The standard InChI is InChI=1S/C30H35NO5/c1-30(2,3)36-29(35)31-26(19-21-10-6-4-7-11-21)27(32)20-25(28(33)34)18-22-14-16-24(17-15-22)23-12-8-5-9-13-23/h4-17,25-27,32H,18-20H2,1-3H3,(H,31,35)(H,33,34). The van der Waals surface area contributed by atoms with Gasteiger partial charge in [0.25, 0.3) is 0 Å². The van der Waals surface area contributed by atoms with E-state index in [9.17, 15) is 19.8 Å². The fraction of sp³-hybridized carbons (Fsp3) is 0.333. The minimum atomic E-state index is -1.08. The van der Waals surface area contributed by atoms with Crippen LogP contribution in [0.15, 0.2) is 84.9 Å². The van der Waals surface area contributed by atoms with E-state index >= 15 is 0 Å². The van der Waals surface area contributed by atoms with Gasteiger partial charge in [0.15, 0.2) is 0 Å². The minimum absolute atomic E-state index is 0.0108. The first-order valence-electron chi connectivity index (χ1n) is 12.2. The molecule has 6 nitrogen and oxygen atoms in total. The predicted octanol–water partition coefficient (Wildman–Crippen LogP) is 5.48. The Hall–Kier alpha value is -3.64. The highest BCUT2D eigenvalue weighted by atomic mass is 16.6. The summed E-state index contributed by atoms with van der Waals surface area (Å²) in [4.78, 5) is 24.6. The molecule has 0 fully saturated rings. The summed E-state index contributed by atoms with van der Waals surface area (Å²) in [6.07, 6.45) is -1.12. The van der Waals surface area contributed by atoms with Crippen LogP contribution in [-0.2, 0) is 22.4 Å². The maximum Gasteiger partial charge on any atom is 0.407 e. The number of carboxylic acids is 1. The average Bonchev–Trinajstić information content (AvgIpc) is 2.83. The maximum atomic E-state index is 12.5. The molecule has 6 heteroatoms. The van der Waals surface area contributed by atoms with E-state index in [1.807, 2.05) is 84.9 Å². The van der Waals surface area contributed by atoms with Crippen LogP contribution in [0.3, 0.4) is 0 Å². The predicted molar refractivity (Wildman–Crippen MR) is 141 cm³/mol. The van der Waals surface area contributed by atoms with E-state index in [-0.39, 0.29) is 12.8 Å². The van der Waals surface area contributed by atoms with Crippen LogP contribution >= 0.6 is 0 Å². The second kappa shape index (κ2) is 12.4. The van der Waals surface area contributed by atoms with E-state index in [1.54, 1.807) is 20.8 Å². The van der Waals surface area contributed by atoms with Crippen LogP contribution in [0.4, 0.5) is 4.79 Å². The largest absolute Gasteiger partial charge is 0.481 e. The number of nitrogens with one attached hydrogen (secondary N) is 1. The molecule has 3 atom stereocenters. The number of carbonyl (C=O) groups excluding carboxylic acids is 1. The smallest absolute Gasteiger partial charge is 0.407 e. The van der Waals surface area contributed by atoms with Crippen molar-refractivity contribution in [3.8, 4) is 11.1 Å². The third-order valence-electron chi connectivity index (χ3n) is 5.88. The zero-order valence-corrected chi connectivity index (χ0v) is 21.1. The molecule has 0 bridgehead atoms. The SMILES string of the molecule is CC(C)(C)OC(=O)NC(Cc1ccccc1)C(O)CC(Cc1ccc(-c2ccccc2)cc1)C(=O)O. The molecular formula is C30H35NO5. The first kappa shape index (κ1) is 27.0. The molecule has 0 aromatic heterocycles. The Morgan fingerprint density at radius 2 is 1.33 bits per heavy atom. The Bertz CT molecular complexity index is 1110. The number of carboxylic acid groups (broad SMARTS) is 1. The van der Waals surface area contributed by atoms with Crippen molar-refractivity contribution in [2.75, 3.05) is 0 Å². The highest BCUT2D eigenvalue weighted by molar-refractivity contribution is 5.71. The van der Waals surface area contributed by atoms with Gasteiger partial charge < -0.3 is 20.3 Å². The van der Waals surface area contributed by atoms with E-state index in [4.69, 9.17) is 4.74 Å². The number of rotatable bonds is 10. The van der Waals surface area contributed by atoms with Crippen molar-refractivity contribution >= 4 is 12.1 Å². The van der Waals surface area contributed by atoms with E-state index in [1.165, 1.54) is 0 Å². The van der Waals surface area contributed by atoms with Crippen LogP contribution in [0.1, 0.15) is 38.3 Å². The Balaban J connectivity index is 1.71. The first-order valence-corrected chi connectivity index (χ1v) is 12.2. The molecule has 0 saturated carbocycles. The lowest BCUT2D eigenvalue weighted by atomic mass is 9.89. The second-order valence-corrected chi connectivity index (χ2v) is 10.0. The third-order valence-corrected chi connectivity index (χ3v) is 5.88. The van der Waals surface area contributed by atoms with Gasteiger partial charge in [-0.1, -0.05) is 84.9 Å². The number of hydrogen-bond donors (Lipinski definition) is 3. The van der Waals surface area contributed by atoms with Gasteiger partial charge in [-0.25, -0.2) is 4.79 Å². The van der Waals surface area contributed by atoms with Gasteiger partial charge in [-0.2, -0.15) is 0 Å². The molecule has 3 rings (SSSR count). The number of benzene rings is 3. The van der Waals surface area contributed by atoms with Crippen LogP contribution in [0.5, 0.6) is 0 Å². The van der Waals surface area contributed by atoms with Gasteiger partial charge >= 0.3 is 12.1 Å². The number of carbonyl (C=O) groups is 2. The lowest BCUT2D eigenvalue weighted by molar-refractivity contribution is -0.143. The Morgan fingerprint density at radius 1 is 0.806 bits per heavy atom. The molecule has 0 aliphatic heterocycles. The van der Waals surface area contributed by atoms with Crippen LogP contribution in [0, 0.1) is 5.92 Å². The maximum absolute atomic E-state index is 12.5. The van der Waals surface area contributed by atoms with Crippen molar-refractivity contribution in [1.82, 2.24) is 5.32 Å². The molecule has 0 aliphatic rings. The van der Waals surface area contributed by atoms with E-state index in [0.29, 0.717) is 6.42 Å². The number of amides is 1. The van der Waals surface area contributed by atoms with Gasteiger partial charge in [0.1, 0.15) is 5.60 Å². The van der Waals surface area contributed by atoms with Crippen LogP contribution in [0.2, 0.25) is 0 Å². The molecule has 3 aromatic carbocycles. The van der Waals surface area contributed by atoms with Gasteiger partial charge in [0, 0.05) is 0 Å². The molecule has 3 unspecified atom stereocenters. The quantitative estimate of drug-likeness (QED) is 0.350. The Labute approximate surface area is 212 Å². The van der Waals surface area contributed by atoms with Crippen LogP contribution in [-0.4, -0.2) is 40.0 Å². The molecule has 190 valence electrons. The zero-order valence-electron chi connectivity index (χ0n) is 21.1. The van der Waals surface area contributed by atoms with E-state index < -0.39 is 35.7 Å². The lowest BCUT2D eigenvalue weighted by Crippen LogP contribution is -2.47. The molecule has 0 radical (unpaired) electrons. The summed E-state index contributed by atoms with van der Waals surface area (Å²) < 4.78 is 5.37. The van der Waals surface area contributed by atoms with Gasteiger partial charge in [0.05, 0.1) is 18.1 Å². The molecule has 0 saturated heterocycles. The van der Waals surface area contributed by atoms with Crippen molar-refractivity contribution in [2.24, 2.45) is 5.92 Å². The van der Waals surface area contributed by atoms with Crippen molar-refractivity contribution in [3.63, 3.8) is 0 Å². The highest BCUT2D eigenvalue weighted by Gasteiger charge is 2.30. The average molecular weight is 490 g/mol. The molecular weight excluding hydrogens is 454 g/mol. The second-order valence-electron chi connectivity index (χ2n) is 10.0. The summed E-state index contributed by atoms with van der Waals surface area (Å²) in [5.74, 6) is -1.81. The number of aliphatic hydroxyl groups is 1. The van der Waals surface area contributed by atoms with Gasteiger partial charge in [-0.05, 0) is 62.3 Å². The lowest BCUT2D eigenvalue weighted by Gasteiger charge is -2.28. The summed E-state index contributed by atoms with van der Waals surface area (Å²) in [6, 6.07) is 26.5. The molecule has 0 spiro atoms. The fourth-order valence-corrected chi connectivity index (χ4v) is 4.09. The van der Waals surface area contributed by atoms with Crippen molar-refractivity contribution in [1.29, 1.82) is 0 Å². The van der Waals surface area contributed by atoms with Gasteiger partial charge in [-0.15, -0.1) is 0 Å². The molecule has 3 N–H and O–H groups in total. The Morgan fingerprint density at radius 3 is 1.89 bits per heavy atom. The number of ether oxygens (including phenoxy) is 1. The van der Waals surface area contributed by atoms with Gasteiger partial charge in [-0.3, -0.25) is 4.79 Å². The topological polar surface area (TPSA) is 95.9 Å². The van der Waals surface area contributed by atoms with E-state index in [2.05, 4.69) is 5.32 Å². The summed E-state index contributed by atoms with van der Waals surface area (Å²) in [7, 11) is 0. The van der Waals surface area contributed by atoms with Crippen molar-refractivity contribution < 1.29 is 24.5 Å². The Kier molecular flexibility index (Phi) is 9.25. The minimum Gasteiger partial charge on any atom is -0.481 e. The summed E-state index contributed by atoms with van der Waals surface area (Å²) >= 11 is 0. The number of hydrogen-bond acceptors (Lipinski definition) is 4. The summed E-state index contributed by atoms with van der Waals surface area (Å²) in [5, 5.41) is 23.7. The van der Waals surface area contributed by atoms with Crippen LogP contribution < -0.4 is 5.32 Å². The molecule has 1 amide bonds. The zero-order chi connectivity index (χ0) is 26.1. The molecule has 3 aromatic rings.